The average Bonchev–Trinajstić information content (AvgIpc) is 2.38. The summed E-state index contributed by atoms with van der Waals surface area (Å²) in [5, 5.41) is 12.3. The van der Waals surface area contributed by atoms with E-state index in [0.29, 0.717) is 18.7 Å². The highest BCUT2D eigenvalue weighted by molar-refractivity contribution is 5.96. The lowest BCUT2D eigenvalue weighted by atomic mass is 10.0. The summed E-state index contributed by atoms with van der Waals surface area (Å²) in [5.41, 5.74) is 0.154. The monoisotopic (exact) mass is 269 g/mol. The highest BCUT2D eigenvalue weighted by atomic mass is 19.1. The first-order chi connectivity index (χ1) is 8.95. The third-order valence-corrected chi connectivity index (χ3v) is 2.90. The van der Waals surface area contributed by atoms with Crippen LogP contribution in [-0.2, 0) is 0 Å². The molecular weight excluding hydrogens is 249 g/mol. The van der Waals surface area contributed by atoms with Crippen molar-refractivity contribution in [1.29, 1.82) is 0 Å². The molecule has 1 unspecified atom stereocenters. The smallest absolute Gasteiger partial charge is 0.255 e. The van der Waals surface area contributed by atoms with Crippen LogP contribution >= 0.6 is 0 Å². The Kier molecular flexibility index (Phi) is 5.76. The van der Waals surface area contributed by atoms with E-state index in [4.69, 9.17) is 4.74 Å². The molecule has 1 aromatic carbocycles. The molecule has 19 heavy (non-hydrogen) atoms. The van der Waals surface area contributed by atoms with Crippen molar-refractivity contribution >= 4 is 5.91 Å². The van der Waals surface area contributed by atoms with E-state index in [1.54, 1.807) is 0 Å². The summed E-state index contributed by atoms with van der Waals surface area (Å²) in [4.78, 5) is 11.9. The predicted molar refractivity (Wildman–Crippen MR) is 70.7 cm³/mol. The minimum absolute atomic E-state index is 0.139. The molecule has 1 atom stereocenters. The molecule has 5 heteroatoms. The summed E-state index contributed by atoms with van der Waals surface area (Å²) in [6.45, 7) is 4.14. The van der Waals surface area contributed by atoms with Crippen molar-refractivity contribution in [1.82, 2.24) is 5.32 Å². The van der Waals surface area contributed by atoms with Gasteiger partial charge in [-0.1, -0.05) is 13.8 Å². The van der Waals surface area contributed by atoms with E-state index in [1.807, 2.05) is 13.8 Å². The number of rotatable bonds is 6. The molecule has 0 aliphatic rings. The van der Waals surface area contributed by atoms with Crippen molar-refractivity contribution < 1.29 is 19.0 Å². The third-order valence-electron chi connectivity index (χ3n) is 2.90. The van der Waals surface area contributed by atoms with E-state index >= 15 is 0 Å². The fourth-order valence-electron chi connectivity index (χ4n) is 1.62. The van der Waals surface area contributed by atoms with Gasteiger partial charge in [-0.05, 0) is 30.5 Å². The molecule has 0 aliphatic heterocycles. The minimum Gasteiger partial charge on any atom is -0.496 e. The van der Waals surface area contributed by atoms with Gasteiger partial charge in [-0.15, -0.1) is 0 Å². The first-order valence-corrected chi connectivity index (χ1v) is 6.25. The lowest BCUT2D eigenvalue weighted by molar-refractivity contribution is 0.0917. The van der Waals surface area contributed by atoms with Gasteiger partial charge in [0.1, 0.15) is 11.6 Å². The summed E-state index contributed by atoms with van der Waals surface area (Å²) >= 11 is 0. The first-order valence-electron chi connectivity index (χ1n) is 6.25. The largest absolute Gasteiger partial charge is 0.496 e. The Hall–Kier alpha value is -1.62. The molecule has 0 aliphatic carbocycles. The van der Waals surface area contributed by atoms with Gasteiger partial charge >= 0.3 is 0 Å². The molecule has 0 saturated heterocycles. The van der Waals surface area contributed by atoms with Crippen molar-refractivity contribution in [2.75, 3.05) is 13.7 Å². The van der Waals surface area contributed by atoms with Gasteiger partial charge < -0.3 is 15.2 Å². The van der Waals surface area contributed by atoms with Crippen LogP contribution in [0.15, 0.2) is 18.2 Å². The number of carbonyl (C=O) groups is 1. The SMILES string of the molecule is COc1ccc(F)cc1C(=O)NCCC(O)C(C)C. The van der Waals surface area contributed by atoms with E-state index in [9.17, 15) is 14.3 Å². The second kappa shape index (κ2) is 7.09. The Bertz CT molecular complexity index is 435. The number of hydrogen-bond acceptors (Lipinski definition) is 3. The van der Waals surface area contributed by atoms with Crippen LogP contribution in [-0.4, -0.2) is 30.8 Å². The molecule has 0 aromatic heterocycles. The highest BCUT2D eigenvalue weighted by Crippen LogP contribution is 2.19. The van der Waals surface area contributed by atoms with E-state index in [2.05, 4.69) is 5.32 Å². The quantitative estimate of drug-likeness (QED) is 0.830. The molecule has 0 heterocycles. The summed E-state index contributed by atoms with van der Waals surface area (Å²) < 4.78 is 18.1. The average molecular weight is 269 g/mol. The number of halogens is 1. The Morgan fingerprint density at radius 3 is 2.74 bits per heavy atom. The topological polar surface area (TPSA) is 58.6 Å². The number of aliphatic hydroxyl groups excluding tert-OH is 1. The number of methoxy groups -OCH3 is 1. The molecule has 2 N–H and O–H groups in total. The molecule has 1 aromatic rings. The Morgan fingerprint density at radius 1 is 1.47 bits per heavy atom. The molecule has 0 saturated carbocycles. The maximum absolute atomic E-state index is 13.1. The highest BCUT2D eigenvalue weighted by Gasteiger charge is 2.14. The molecule has 0 radical (unpaired) electrons. The van der Waals surface area contributed by atoms with Gasteiger partial charge in [0.15, 0.2) is 0 Å². The van der Waals surface area contributed by atoms with Gasteiger partial charge in [-0.2, -0.15) is 0 Å². The number of benzene rings is 1. The van der Waals surface area contributed by atoms with Crippen molar-refractivity contribution in [3.05, 3.63) is 29.6 Å². The summed E-state index contributed by atoms with van der Waals surface area (Å²) in [6, 6.07) is 3.78. The number of carbonyl (C=O) groups excluding carboxylic acids is 1. The minimum atomic E-state index is -0.492. The van der Waals surface area contributed by atoms with Crippen LogP contribution in [0.5, 0.6) is 5.75 Å². The number of nitrogens with one attached hydrogen (secondary N) is 1. The molecule has 1 rings (SSSR count). The number of amides is 1. The third kappa shape index (κ3) is 4.52. The lowest BCUT2D eigenvalue weighted by Gasteiger charge is -2.15. The Balaban J connectivity index is 2.61. The van der Waals surface area contributed by atoms with Gasteiger partial charge in [0.2, 0.25) is 0 Å². The molecule has 0 spiro atoms. The van der Waals surface area contributed by atoms with E-state index in [1.165, 1.54) is 19.2 Å². The number of ether oxygens (including phenoxy) is 1. The van der Waals surface area contributed by atoms with Crippen molar-refractivity contribution in [3.8, 4) is 5.75 Å². The van der Waals surface area contributed by atoms with Crippen molar-refractivity contribution in [2.24, 2.45) is 5.92 Å². The molecule has 1 amide bonds. The Labute approximate surface area is 112 Å². The van der Waals surface area contributed by atoms with Crippen LogP contribution in [0.1, 0.15) is 30.6 Å². The molecular formula is C14H20FNO3. The van der Waals surface area contributed by atoms with Crippen molar-refractivity contribution in [2.45, 2.75) is 26.4 Å². The predicted octanol–water partition coefficient (Wildman–Crippen LogP) is 1.97. The molecule has 4 nitrogen and oxygen atoms in total. The summed E-state index contributed by atoms with van der Waals surface area (Å²) in [6.07, 6.45) is -0.00387. The van der Waals surface area contributed by atoms with Gasteiger partial charge in [0.25, 0.3) is 5.91 Å². The summed E-state index contributed by atoms with van der Waals surface area (Å²) in [7, 11) is 1.42. The maximum atomic E-state index is 13.1. The standard InChI is InChI=1S/C14H20FNO3/c1-9(2)12(17)6-7-16-14(18)11-8-10(15)4-5-13(11)19-3/h4-5,8-9,12,17H,6-7H2,1-3H3,(H,16,18). The lowest BCUT2D eigenvalue weighted by Crippen LogP contribution is -2.29. The first kappa shape index (κ1) is 15.4. The fourth-order valence-corrected chi connectivity index (χ4v) is 1.62. The van der Waals surface area contributed by atoms with Crippen LogP contribution in [0.2, 0.25) is 0 Å². The van der Waals surface area contributed by atoms with Crippen LogP contribution in [0.3, 0.4) is 0 Å². The van der Waals surface area contributed by atoms with Crippen LogP contribution in [0.4, 0.5) is 4.39 Å². The zero-order chi connectivity index (χ0) is 14.4. The molecule has 0 bridgehead atoms. The van der Waals surface area contributed by atoms with Crippen LogP contribution in [0.25, 0.3) is 0 Å². The zero-order valence-corrected chi connectivity index (χ0v) is 11.4. The van der Waals surface area contributed by atoms with E-state index in [0.717, 1.165) is 6.07 Å². The second-order valence-electron chi connectivity index (χ2n) is 4.70. The van der Waals surface area contributed by atoms with Gasteiger partial charge in [0.05, 0.1) is 18.8 Å². The number of hydrogen-bond donors (Lipinski definition) is 2. The molecule has 106 valence electrons. The normalized spacial score (nSPS) is 12.3. The van der Waals surface area contributed by atoms with Gasteiger partial charge in [0, 0.05) is 6.54 Å². The van der Waals surface area contributed by atoms with Crippen molar-refractivity contribution in [3.63, 3.8) is 0 Å². The second-order valence-corrected chi connectivity index (χ2v) is 4.70. The van der Waals surface area contributed by atoms with E-state index < -0.39 is 17.8 Å². The van der Waals surface area contributed by atoms with Gasteiger partial charge in [-0.25, -0.2) is 4.39 Å². The van der Waals surface area contributed by atoms with E-state index in [-0.39, 0.29) is 11.5 Å². The summed E-state index contributed by atoms with van der Waals surface area (Å²) in [5.74, 6) is -0.440. The van der Waals surface area contributed by atoms with Crippen LogP contribution < -0.4 is 10.1 Å². The zero-order valence-electron chi connectivity index (χ0n) is 11.4. The molecule has 0 fully saturated rings. The van der Waals surface area contributed by atoms with Gasteiger partial charge in [-0.3, -0.25) is 4.79 Å². The Morgan fingerprint density at radius 2 is 2.16 bits per heavy atom. The van der Waals surface area contributed by atoms with Crippen LogP contribution in [0, 0.1) is 11.7 Å². The maximum Gasteiger partial charge on any atom is 0.255 e. The fraction of sp³-hybridized carbons (Fsp3) is 0.500. The number of aliphatic hydroxyl groups is 1.